The summed E-state index contributed by atoms with van der Waals surface area (Å²) in [4.78, 5) is 13.1. The van der Waals surface area contributed by atoms with Gasteiger partial charge in [0, 0.05) is 37.7 Å². The minimum Gasteiger partial charge on any atom is -0.343 e. The molecule has 1 unspecified atom stereocenters. The van der Waals surface area contributed by atoms with Gasteiger partial charge >= 0.3 is 0 Å². The third-order valence-corrected chi connectivity index (χ3v) is 3.85. The standard InChI is InChI=1S/C15H20F2N2O/c1-10(14-9-12(16)3-4-15(14)17)18-13-5-7-19(8-6-13)11(2)20/h3-4,9-10,13,18H,5-8H2,1-2H3. The van der Waals surface area contributed by atoms with Gasteiger partial charge in [-0.1, -0.05) is 0 Å². The molecule has 110 valence electrons. The van der Waals surface area contributed by atoms with Gasteiger partial charge < -0.3 is 10.2 Å². The first-order valence-electron chi connectivity index (χ1n) is 6.94. The maximum Gasteiger partial charge on any atom is 0.219 e. The number of benzene rings is 1. The van der Waals surface area contributed by atoms with Crippen LogP contribution < -0.4 is 5.32 Å². The number of carbonyl (C=O) groups is 1. The minimum absolute atomic E-state index is 0.0904. The second-order valence-corrected chi connectivity index (χ2v) is 5.33. The molecule has 3 nitrogen and oxygen atoms in total. The molecule has 1 aliphatic heterocycles. The molecular weight excluding hydrogens is 262 g/mol. The van der Waals surface area contributed by atoms with E-state index in [4.69, 9.17) is 0 Å². The van der Waals surface area contributed by atoms with E-state index in [1.54, 1.807) is 6.92 Å². The molecule has 1 atom stereocenters. The molecule has 1 fully saturated rings. The second kappa shape index (κ2) is 6.31. The first-order valence-corrected chi connectivity index (χ1v) is 6.94. The van der Waals surface area contributed by atoms with Crippen molar-refractivity contribution in [3.05, 3.63) is 35.4 Å². The van der Waals surface area contributed by atoms with E-state index >= 15 is 0 Å². The predicted octanol–water partition coefficient (Wildman–Crippen LogP) is 2.63. The highest BCUT2D eigenvalue weighted by Gasteiger charge is 2.23. The molecule has 5 heteroatoms. The predicted molar refractivity (Wildman–Crippen MR) is 73.2 cm³/mol. The number of likely N-dealkylation sites (tertiary alicyclic amines) is 1. The van der Waals surface area contributed by atoms with Gasteiger partial charge in [-0.05, 0) is 38.0 Å². The fourth-order valence-electron chi connectivity index (χ4n) is 2.65. The maximum atomic E-state index is 13.7. The van der Waals surface area contributed by atoms with Crippen LogP contribution in [0.5, 0.6) is 0 Å². The van der Waals surface area contributed by atoms with Crippen LogP contribution in [0.25, 0.3) is 0 Å². The van der Waals surface area contributed by atoms with Crippen molar-refractivity contribution in [1.82, 2.24) is 10.2 Å². The Morgan fingerprint density at radius 1 is 1.35 bits per heavy atom. The lowest BCUT2D eigenvalue weighted by molar-refractivity contribution is -0.129. The Bertz CT molecular complexity index is 485. The monoisotopic (exact) mass is 282 g/mol. The average molecular weight is 282 g/mol. The smallest absolute Gasteiger partial charge is 0.219 e. The lowest BCUT2D eigenvalue weighted by atomic mass is 10.0. The zero-order valence-corrected chi connectivity index (χ0v) is 11.8. The SMILES string of the molecule is CC(=O)N1CCC(NC(C)c2cc(F)ccc2F)CC1. The molecule has 1 aromatic carbocycles. The van der Waals surface area contributed by atoms with Crippen molar-refractivity contribution in [3.8, 4) is 0 Å². The van der Waals surface area contributed by atoms with Gasteiger partial charge in [-0.3, -0.25) is 4.79 Å². The van der Waals surface area contributed by atoms with Gasteiger partial charge in [0.2, 0.25) is 5.91 Å². The highest BCUT2D eigenvalue weighted by molar-refractivity contribution is 5.73. The topological polar surface area (TPSA) is 32.3 Å². The summed E-state index contributed by atoms with van der Waals surface area (Å²) in [6, 6.07) is 3.48. The van der Waals surface area contributed by atoms with Crippen molar-refractivity contribution in [2.75, 3.05) is 13.1 Å². The molecule has 1 aromatic rings. The van der Waals surface area contributed by atoms with Gasteiger partial charge in [0.1, 0.15) is 11.6 Å². The van der Waals surface area contributed by atoms with E-state index in [9.17, 15) is 13.6 Å². The number of carbonyl (C=O) groups excluding carboxylic acids is 1. The quantitative estimate of drug-likeness (QED) is 0.924. The number of hydrogen-bond acceptors (Lipinski definition) is 2. The molecular formula is C15H20F2N2O. The van der Waals surface area contributed by atoms with E-state index in [1.165, 1.54) is 6.07 Å². The summed E-state index contributed by atoms with van der Waals surface area (Å²) in [5, 5.41) is 3.32. The summed E-state index contributed by atoms with van der Waals surface area (Å²) >= 11 is 0. The van der Waals surface area contributed by atoms with Crippen LogP contribution in [0.1, 0.15) is 38.3 Å². The summed E-state index contributed by atoms with van der Waals surface area (Å²) in [6.07, 6.45) is 1.67. The van der Waals surface area contributed by atoms with Crippen LogP contribution in [0.4, 0.5) is 8.78 Å². The fourth-order valence-corrected chi connectivity index (χ4v) is 2.65. The molecule has 0 spiro atoms. The first kappa shape index (κ1) is 14.9. The van der Waals surface area contributed by atoms with Crippen molar-refractivity contribution in [2.24, 2.45) is 0 Å². The Labute approximate surface area is 118 Å². The van der Waals surface area contributed by atoms with Gasteiger partial charge in [-0.2, -0.15) is 0 Å². The molecule has 20 heavy (non-hydrogen) atoms. The molecule has 1 amide bonds. The number of nitrogens with zero attached hydrogens (tertiary/aromatic N) is 1. The van der Waals surface area contributed by atoms with Crippen LogP contribution in [0.2, 0.25) is 0 Å². The second-order valence-electron chi connectivity index (χ2n) is 5.33. The maximum absolute atomic E-state index is 13.7. The van der Waals surface area contributed by atoms with Gasteiger partial charge in [-0.25, -0.2) is 8.78 Å². The highest BCUT2D eigenvalue weighted by atomic mass is 19.1. The molecule has 1 saturated heterocycles. The highest BCUT2D eigenvalue weighted by Crippen LogP contribution is 2.21. The number of hydrogen-bond donors (Lipinski definition) is 1. The van der Waals surface area contributed by atoms with E-state index in [-0.39, 0.29) is 18.0 Å². The van der Waals surface area contributed by atoms with Crippen LogP contribution in [0.3, 0.4) is 0 Å². The van der Waals surface area contributed by atoms with Crippen molar-refractivity contribution in [1.29, 1.82) is 0 Å². The van der Waals surface area contributed by atoms with Crippen LogP contribution in [0, 0.1) is 11.6 Å². The van der Waals surface area contributed by atoms with Gasteiger partial charge in [-0.15, -0.1) is 0 Å². The van der Waals surface area contributed by atoms with Crippen molar-refractivity contribution in [2.45, 2.75) is 38.8 Å². The van der Waals surface area contributed by atoms with Crippen LogP contribution in [-0.4, -0.2) is 29.9 Å². The Morgan fingerprint density at radius 2 is 2.00 bits per heavy atom. The van der Waals surface area contributed by atoms with Crippen molar-refractivity contribution in [3.63, 3.8) is 0 Å². The van der Waals surface area contributed by atoms with Crippen LogP contribution in [0.15, 0.2) is 18.2 Å². The summed E-state index contributed by atoms with van der Waals surface area (Å²) in [6.45, 7) is 4.82. The van der Waals surface area contributed by atoms with E-state index in [0.29, 0.717) is 18.7 Å². The Hall–Kier alpha value is -1.49. The lowest BCUT2D eigenvalue weighted by Gasteiger charge is -2.33. The number of amides is 1. The molecule has 1 N–H and O–H groups in total. The van der Waals surface area contributed by atoms with Gasteiger partial charge in [0.25, 0.3) is 0 Å². The molecule has 0 aliphatic carbocycles. The molecule has 1 aliphatic rings. The Morgan fingerprint density at radius 3 is 2.60 bits per heavy atom. The largest absolute Gasteiger partial charge is 0.343 e. The van der Waals surface area contributed by atoms with E-state index in [0.717, 1.165) is 25.0 Å². The minimum atomic E-state index is -0.429. The first-order chi connectivity index (χ1) is 9.47. The fraction of sp³-hybridized carbons (Fsp3) is 0.533. The van der Waals surface area contributed by atoms with Crippen molar-refractivity contribution >= 4 is 5.91 Å². The van der Waals surface area contributed by atoms with Gasteiger partial charge in [0.05, 0.1) is 0 Å². The van der Waals surface area contributed by atoms with Crippen molar-refractivity contribution < 1.29 is 13.6 Å². The zero-order valence-electron chi connectivity index (χ0n) is 11.8. The summed E-state index contributed by atoms with van der Waals surface area (Å²) in [5.41, 5.74) is 0.346. The molecule has 0 radical (unpaired) electrons. The van der Waals surface area contributed by atoms with Gasteiger partial charge in [0.15, 0.2) is 0 Å². The van der Waals surface area contributed by atoms with Crippen LogP contribution >= 0.6 is 0 Å². The zero-order chi connectivity index (χ0) is 14.7. The molecule has 1 heterocycles. The molecule has 0 bridgehead atoms. The van der Waals surface area contributed by atoms with E-state index in [2.05, 4.69) is 5.32 Å². The molecule has 0 saturated carbocycles. The lowest BCUT2D eigenvalue weighted by Crippen LogP contribution is -2.44. The summed E-state index contributed by atoms with van der Waals surface area (Å²) in [5.74, 6) is -0.735. The van der Waals surface area contributed by atoms with Crippen LogP contribution in [-0.2, 0) is 4.79 Å². The van der Waals surface area contributed by atoms with E-state index in [1.807, 2.05) is 11.8 Å². The molecule has 2 rings (SSSR count). The normalized spacial score (nSPS) is 18.1. The third-order valence-electron chi connectivity index (χ3n) is 3.85. The number of nitrogens with one attached hydrogen (secondary N) is 1. The number of rotatable bonds is 3. The third kappa shape index (κ3) is 3.54. The number of piperidine rings is 1. The average Bonchev–Trinajstić information content (AvgIpc) is 2.42. The Kier molecular flexibility index (Phi) is 4.70. The summed E-state index contributed by atoms with van der Waals surface area (Å²) < 4.78 is 26.9. The summed E-state index contributed by atoms with van der Waals surface area (Å²) in [7, 11) is 0. The molecule has 0 aromatic heterocycles. The van der Waals surface area contributed by atoms with E-state index < -0.39 is 11.6 Å². The Balaban J connectivity index is 1.94. The number of halogens is 2.